The molecule has 4 saturated carbocycles. The maximum atomic E-state index is 12.4. The summed E-state index contributed by atoms with van der Waals surface area (Å²) in [4.78, 5) is 12.4. The summed E-state index contributed by atoms with van der Waals surface area (Å²) < 4.78 is 5.54. The highest BCUT2D eigenvalue weighted by Gasteiger charge is 2.62. The molecule has 0 spiro atoms. The number of benzene rings is 1. The van der Waals surface area contributed by atoms with E-state index in [9.17, 15) is 15.0 Å². The Bertz CT molecular complexity index is 885. The average molecular weight is 483 g/mol. The van der Waals surface area contributed by atoms with Gasteiger partial charge in [0.2, 0.25) is 0 Å². The van der Waals surface area contributed by atoms with E-state index in [1.807, 2.05) is 30.3 Å². The van der Waals surface area contributed by atoms with Crippen LogP contribution in [0.5, 0.6) is 0 Å². The summed E-state index contributed by atoms with van der Waals surface area (Å²) in [7, 11) is 0. The fraction of sp³-hybridized carbons (Fsp3) is 0.774. The summed E-state index contributed by atoms with van der Waals surface area (Å²) in [5, 5.41) is 21.7. The van der Waals surface area contributed by atoms with Crippen LogP contribution < -0.4 is 0 Å². The highest BCUT2D eigenvalue weighted by molar-refractivity contribution is 5.69. The molecule has 0 amide bonds. The molecule has 1 aromatic carbocycles. The van der Waals surface area contributed by atoms with Crippen LogP contribution in [0.1, 0.15) is 90.5 Å². The second kappa shape index (κ2) is 9.82. The predicted octanol–water partition coefficient (Wildman–Crippen LogP) is 6.14. The van der Waals surface area contributed by atoms with Gasteiger partial charge >= 0.3 is 5.97 Å². The van der Waals surface area contributed by atoms with Gasteiger partial charge in [-0.25, -0.2) is 0 Å². The molecule has 0 saturated heterocycles. The largest absolute Gasteiger partial charge is 0.461 e. The molecule has 4 aliphatic rings. The predicted molar refractivity (Wildman–Crippen MR) is 137 cm³/mol. The van der Waals surface area contributed by atoms with Crippen LogP contribution in [0, 0.1) is 46.3 Å². The van der Waals surface area contributed by atoms with Gasteiger partial charge < -0.3 is 14.9 Å². The quantitative estimate of drug-likeness (QED) is 0.478. The van der Waals surface area contributed by atoms with Crippen molar-refractivity contribution in [2.45, 2.75) is 104 Å². The molecular weight excluding hydrogens is 436 g/mol. The van der Waals surface area contributed by atoms with Gasteiger partial charge in [0.1, 0.15) is 6.61 Å². The summed E-state index contributed by atoms with van der Waals surface area (Å²) in [6.07, 6.45) is 9.63. The number of hydrogen-bond donors (Lipinski definition) is 2. The van der Waals surface area contributed by atoms with Gasteiger partial charge in [0, 0.05) is 6.42 Å². The van der Waals surface area contributed by atoms with Gasteiger partial charge in [0.05, 0.1) is 12.2 Å². The van der Waals surface area contributed by atoms with Gasteiger partial charge in [-0.05, 0) is 110 Å². The molecule has 0 radical (unpaired) electrons. The Morgan fingerprint density at radius 2 is 1.71 bits per heavy atom. The topological polar surface area (TPSA) is 66.8 Å². The van der Waals surface area contributed by atoms with Crippen LogP contribution in [0.2, 0.25) is 0 Å². The zero-order chi connectivity index (χ0) is 24.8. The maximum absolute atomic E-state index is 12.4. The van der Waals surface area contributed by atoms with Gasteiger partial charge in [-0.1, -0.05) is 51.1 Å². The van der Waals surface area contributed by atoms with E-state index in [1.54, 1.807) is 0 Å². The van der Waals surface area contributed by atoms with E-state index in [1.165, 1.54) is 25.7 Å². The average Bonchev–Trinajstić information content (AvgIpc) is 3.20. The van der Waals surface area contributed by atoms with Crippen LogP contribution in [0.3, 0.4) is 0 Å². The van der Waals surface area contributed by atoms with Gasteiger partial charge in [-0.15, -0.1) is 0 Å². The van der Waals surface area contributed by atoms with Crippen molar-refractivity contribution < 1.29 is 19.7 Å². The maximum Gasteiger partial charge on any atom is 0.306 e. The Labute approximate surface area is 211 Å². The van der Waals surface area contributed by atoms with Crippen LogP contribution in [0.4, 0.5) is 0 Å². The van der Waals surface area contributed by atoms with Crippen molar-refractivity contribution in [1.29, 1.82) is 0 Å². The first-order valence-corrected chi connectivity index (χ1v) is 14.3. The summed E-state index contributed by atoms with van der Waals surface area (Å²) >= 11 is 0. The Kier molecular flexibility index (Phi) is 7.09. The first-order chi connectivity index (χ1) is 16.7. The van der Waals surface area contributed by atoms with Crippen LogP contribution in [0.25, 0.3) is 0 Å². The van der Waals surface area contributed by atoms with Gasteiger partial charge in [0.15, 0.2) is 0 Å². The number of ether oxygens (including phenoxy) is 1. The minimum absolute atomic E-state index is 0.0923. The Morgan fingerprint density at radius 3 is 2.49 bits per heavy atom. The molecule has 4 fully saturated rings. The molecule has 0 aromatic heterocycles. The summed E-state index contributed by atoms with van der Waals surface area (Å²) in [5.74, 6) is 3.04. The monoisotopic (exact) mass is 482 g/mol. The number of carbonyl (C=O) groups excluding carboxylic acids is 1. The third-order valence-electron chi connectivity index (χ3n) is 11.5. The number of carbonyl (C=O) groups is 1. The van der Waals surface area contributed by atoms with Crippen molar-refractivity contribution >= 4 is 5.97 Å². The highest BCUT2D eigenvalue weighted by atomic mass is 16.5. The van der Waals surface area contributed by atoms with E-state index in [4.69, 9.17) is 4.74 Å². The molecule has 5 rings (SSSR count). The number of hydrogen-bond acceptors (Lipinski definition) is 4. The van der Waals surface area contributed by atoms with Crippen molar-refractivity contribution in [3.8, 4) is 0 Å². The Balaban J connectivity index is 1.21. The smallest absolute Gasteiger partial charge is 0.306 e. The highest BCUT2D eigenvalue weighted by Crippen LogP contribution is 2.68. The van der Waals surface area contributed by atoms with Gasteiger partial charge in [-0.3, -0.25) is 4.79 Å². The van der Waals surface area contributed by atoms with Crippen LogP contribution in [-0.4, -0.2) is 28.4 Å². The molecule has 2 N–H and O–H groups in total. The molecule has 35 heavy (non-hydrogen) atoms. The first kappa shape index (κ1) is 25.3. The lowest BCUT2D eigenvalue weighted by Gasteiger charge is -2.62. The van der Waals surface area contributed by atoms with Crippen LogP contribution in [0.15, 0.2) is 30.3 Å². The fourth-order valence-electron chi connectivity index (χ4n) is 9.53. The second-order valence-electron chi connectivity index (χ2n) is 13.1. The third-order valence-corrected chi connectivity index (χ3v) is 11.5. The Morgan fingerprint density at radius 1 is 1.00 bits per heavy atom. The van der Waals surface area contributed by atoms with Gasteiger partial charge in [-0.2, -0.15) is 0 Å². The van der Waals surface area contributed by atoms with E-state index < -0.39 is 0 Å². The van der Waals surface area contributed by atoms with Gasteiger partial charge in [0.25, 0.3) is 0 Å². The number of fused-ring (bicyclic) bond motifs is 5. The number of aliphatic hydroxyl groups is 2. The minimum Gasteiger partial charge on any atom is -0.461 e. The number of aliphatic hydroxyl groups excluding tert-OH is 2. The van der Waals surface area contributed by atoms with Crippen molar-refractivity contribution in [3.05, 3.63) is 35.9 Å². The normalized spacial score (nSPS) is 43.5. The van der Waals surface area contributed by atoms with Crippen molar-refractivity contribution in [1.82, 2.24) is 0 Å². The standard InChI is InChI=1S/C31H46O4/c1-20(9-12-28(34)35-19-21-7-5-4-6-8-21)24-10-11-25-29-26(14-16-31(24,25)3)30(2)15-13-23(32)17-22(30)18-27(29)33/h4-8,20,22-27,29,32-33H,9-19H2,1-3H3/t20-,22?,23+,24-,25+,26+,27+,29+,30+,31-/m1/s1. The van der Waals surface area contributed by atoms with E-state index >= 15 is 0 Å². The molecule has 10 atom stereocenters. The SMILES string of the molecule is C[C@H](CCC(=O)OCc1ccccc1)[C@H]1CC[C@H]2[C@@H]3[C@@H](O)CC4C[C@@H](O)CC[C@]4(C)[C@H]3CC[C@]12C. The van der Waals surface area contributed by atoms with Crippen molar-refractivity contribution in [2.24, 2.45) is 46.3 Å². The van der Waals surface area contributed by atoms with Crippen molar-refractivity contribution in [2.75, 3.05) is 0 Å². The Hall–Kier alpha value is -1.39. The van der Waals surface area contributed by atoms with Crippen LogP contribution >= 0.6 is 0 Å². The molecule has 194 valence electrons. The molecule has 0 aliphatic heterocycles. The molecular formula is C31H46O4. The van der Waals surface area contributed by atoms with Crippen molar-refractivity contribution in [3.63, 3.8) is 0 Å². The van der Waals surface area contributed by atoms with Crippen LogP contribution in [-0.2, 0) is 16.1 Å². The molecule has 1 aromatic rings. The van der Waals surface area contributed by atoms with E-state index in [0.29, 0.717) is 48.5 Å². The summed E-state index contributed by atoms with van der Waals surface area (Å²) in [6, 6.07) is 9.89. The lowest BCUT2D eigenvalue weighted by atomic mass is 9.43. The first-order valence-electron chi connectivity index (χ1n) is 14.3. The summed E-state index contributed by atoms with van der Waals surface area (Å²) in [6.45, 7) is 7.68. The molecule has 4 aliphatic carbocycles. The third kappa shape index (κ3) is 4.59. The second-order valence-corrected chi connectivity index (χ2v) is 13.1. The lowest BCUT2D eigenvalue weighted by molar-refractivity contribution is -0.174. The van der Waals surface area contributed by atoms with E-state index in [0.717, 1.165) is 37.7 Å². The molecule has 0 heterocycles. The summed E-state index contributed by atoms with van der Waals surface area (Å²) in [5.41, 5.74) is 1.56. The number of rotatable bonds is 6. The zero-order valence-corrected chi connectivity index (χ0v) is 22.0. The van der Waals surface area contributed by atoms with E-state index in [-0.39, 0.29) is 29.0 Å². The lowest BCUT2D eigenvalue weighted by Crippen LogP contribution is -2.58. The molecule has 1 unspecified atom stereocenters. The molecule has 0 bridgehead atoms. The minimum atomic E-state index is -0.227. The fourth-order valence-corrected chi connectivity index (χ4v) is 9.53. The molecule has 4 heteroatoms. The number of esters is 1. The zero-order valence-electron chi connectivity index (χ0n) is 22.0. The molecule has 4 nitrogen and oxygen atoms in total. The van der Waals surface area contributed by atoms with E-state index in [2.05, 4.69) is 20.8 Å².